The molecule has 1 aliphatic rings. The quantitative estimate of drug-likeness (QED) is 0.399. The third-order valence-electron chi connectivity index (χ3n) is 6.94. The van der Waals surface area contributed by atoms with Gasteiger partial charge in [0.25, 0.3) is 0 Å². The van der Waals surface area contributed by atoms with Crippen molar-refractivity contribution in [2.24, 2.45) is 0 Å². The van der Waals surface area contributed by atoms with Crippen molar-refractivity contribution in [2.75, 3.05) is 19.6 Å². The fraction of sp³-hybridized carbons (Fsp3) is 0.385. The summed E-state index contributed by atoms with van der Waals surface area (Å²) < 4.78 is 31.0. The van der Waals surface area contributed by atoms with E-state index < -0.39 is 5.67 Å². The summed E-state index contributed by atoms with van der Waals surface area (Å²) >= 11 is 0. The van der Waals surface area contributed by atoms with Gasteiger partial charge in [-0.2, -0.15) is 0 Å². The Bertz CT molecular complexity index is 1190. The van der Waals surface area contributed by atoms with Crippen LogP contribution >= 0.6 is 0 Å². The van der Waals surface area contributed by atoms with E-state index in [1.54, 1.807) is 24.8 Å². The normalized spacial score (nSPS) is 16.4. The van der Waals surface area contributed by atoms with Crippen LogP contribution in [-0.4, -0.2) is 50.0 Å². The molecule has 3 heterocycles. The van der Waals surface area contributed by atoms with Gasteiger partial charge in [-0.15, -0.1) is 10.2 Å². The first-order valence-electron chi connectivity index (χ1n) is 11.7. The molecular formula is C26H29F2N5. The number of aromatic amines is 1. The third-order valence-corrected chi connectivity index (χ3v) is 6.94. The van der Waals surface area contributed by atoms with Gasteiger partial charge < -0.3 is 9.88 Å². The van der Waals surface area contributed by atoms with E-state index in [4.69, 9.17) is 0 Å². The molecule has 5 rings (SSSR count). The highest BCUT2D eigenvalue weighted by atomic mass is 19.1. The lowest BCUT2D eigenvalue weighted by molar-refractivity contribution is 0.0507. The lowest BCUT2D eigenvalue weighted by atomic mass is 9.87. The van der Waals surface area contributed by atoms with E-state index in [-0.39, 0.29) is 5.82 Å². The first kappa shape index (κ1) is 21.8. The summed E-state index contributed by atoms with van der Waals surface area (Å²) in [6.07, 6.45) is 9.39. The van der Waals surface area contributed by atoms with E-state index in [1.807, 2.05) is 10.6 Å². The first-order chi connectivity index (χ1) is 16.1. The van der Waals surface area contributed by atoms with E-state index in [2.05, 4.69) is 44.5 Å². The van der Waals surface area contributed by atoms with Crippen molar-refractivity contribution in [3.63, 3.8) is 0 Å². The molecule has 1 fully saturated rings. The number of hydrogen-bond donors (Lipinski definition) is 1. The van der Waals surface area contributed by atoms with E-state index in [9.17, 15) is 4.39 Å². The largest absolute Gasteiger partial charge is 0.361 e. The van der Waals surface area contributed by atoms with Crippen molar-refractivity contribution < 1.29 is 8.78 Å². The van der Waals surface area contributed by atoms with Gasteiger partial charge >= 0.3 is 0 Å². The number of hydrogen-bond acceptors (Lipinski definition) is 3. The Balaban J connectivity index is 1.12. The number of likely N-dealkylation sites (tertiary alicyclic amines) is 1. The number of nitrogens with one attached hydrogen (secondary N) is 1. The van der Waals surface area contributed by atoms with Crippen LogP contribution in [0.4, 0.5) is 8.78 Å². The van der Waals surface area contributed by atoms with E-state index in [0.29, 0.717) is 31.2 Å². The molecule has 2 aromatic carbocycles. The molecule has 1 aliphatic heterocycles. The second-order valence-electron chi connectivity index (χ2n) is 9.10. The highest BCUT2D eigenvalue weighted by Gasteiger charge is 2.34. The molecule has 0 atom stereocenters. The smallest absolute Gasteiger partial charge is 0.126 e. The molecule has 7 heteroatoms. The minimum Gasteiger partial charge on any atom is -0.361 e. The summed E-state index contributed by atoms with van der Waals surface area (Å²) in [6, 6.07) is 13.0. The number of rotatable bonds is 8. The third kappa shape index (κ3) is 4.98. The molecule has 0 radical (unpaired) electrons. The molecule has 4 aromatic rings. The Labute approximate surface area is 192 Å². The molecule has 0 spiro atoms. The van der Waals surface area contributed by atoms with Gasteiger partial charge in [-0.3, -0.25) is 4.57 Å². The highest BCUT2D eigenvalue weighted by molar-refractivity contribution is 5.85. The lowest BCUT2D eigenvalue weighted by Crippen LogP contribution is -2.42. The van der Waals surface area contributed by atoms with Gasteiger partial charge in [-0.1, -0.05) is 18.2 Å². The summed E-state index contributed by atoms with van der Waals surface area (Å²) in [5.74, 6) is -0.232. The topological polar surface area (TPSA) is 49.7 Å². The van der Waals surface area contributed by atoms with Gasteiger partial charge in [0.1, 0.15) is 24.1 Å². The zero-order chi connectivity index (χ0) is 22.7. The second kappa shape index (κ2) is 9.43. The summed E-state index contributed by atoms with van der Waals surface area (Å²) in [7, 11) is 0. The Morgan fingerprint density at radius 1 is 0.970 bits per heavy atom. The van der Waals surface area contributed by atoms with Gasteiger partial charge in [0.2, 0.25) is 0 Å². The SMILES string of the molecule is Fc1ccccc1CCC1(F)CCN(CCCc2c[nH]c3ccc(-n4cnnc4)cc23)CC1. The molecule has 1 N–H and O–H groups in total. The fourth-order valence-corrected chi connectivity index (χ4v) is 4.85. The van der Waals surface area contributed by atoms with Gasteiger partial charge in [-0.25, -0.2) is 8.78 Å². The number of piperidine rings is 1. The van der Waals surface area contributed by atoms with E-state index >= 15 is 4.39 Å². The molecule has 0 amide bonds. The molecule has 0 aliphatic carbocycles. The molecule has 0 bridgehead atoms. The maximum Gasteiger partial charge on any atom is 0.126 e. The molecule has 1 saturated heterocycles. The van der Waals surface area contributed by atoms with Crippen LogP contribution in [0.1, 0.15) is 36.8 Å². The van der Waals surface area contributed by atoms with Crippen LogP contribution in [0.15, 0.2) is 61.3 Å². The Hall–Kier alpha value is -3.06. The summed E-state index contributed by atoms with van der Waals surface area (Å²) in [4.78, 5) is 5.72. The standard InChI is InChI=1S/C26H29F2N5/c27-24-6-2-1-4-20(24)9-10-26(28)11-14-32(15-12-26)13-3-5-21-17-29-25-8-7-22(16-23(21)25)33-18-30-31-19-33/h1-2,4,6-8,16-19,29H,3,5,9-15H2. The first-order valence-corrected chi connectivity index (χ1v) is 11.7. The summed E-state index contributed by atoms with van der Waals surface area (Å²) in [5.41, 5.74) is 2.88. The molecule has 2 aromatic heterocycles. The van der Waals surface area contributed by atoms with Crippen molar-refractivity contribution in [2.45, 2.75) is 44.2 Å². The van der Waals surface area contributed by atoms with Crippen molar-refractivity contribution in [1.29, 1.82) is 0 Å². The van der Waals surface area contributed by atoms with Crippen molar-refractivity contribution in [3.05, 3.63) is 78.3 Å². The molecule has 5 nitrogen and oxygen atoms in total. The van der Waals surface area contributed by atoms with Crippen LogP contribution in [0, 0.1) is 5.82 Å². The Morgan fingerprint density at radius 3 is 2.55 bits per heavy atom. The van der Waals surface area contributed by atoms with Crippen LogP contribution in [0.3, 0.4) is 0 Å². The predicted molar refractivity (Wildman–Crippen MR) is 126 cm³/mol. The molecule has 0 unspecified atom stereocenters. The van der Waals surface area contributed by atoms with E-state index in [0.717, 1.165) is 43.7 Å². The number of nitrogens with zero attached hydrogens (tertiary/aromatic N) is 4. The maximum absolute atomic E-state index is 15.3. The van der Waals surface area contributed by atoms with Gasteiger partial charge in [0.05, 0.1) is 0 Å². The highest BCUT2D eigenvalue weighted by Crippen LogP contribution is 2.32. The second-order valence-corrected chi connectivity index (χ2v) is 9.10. The Morgan fingerprint density at radius 2 is 1.76 bits per heavy atom. The van der Waals surface area contributed by atoms with Crippen LogP contribution in [0.2, 0.25) is 0 Å². The van der Waals surface area contributed by atoms with Crippen molar-refractivity contribution in [3.8, 4) is 5.69 Å². The molecule has 0 saturated carbocycles. The van der Waals surface area contributed by atoms with E-state index in [1.165, 1.54) is 17.0 Å². The van der Waals surface area contributed by atoms with Crippen LogP contribution in [0.5, 0.6) is 0 Å². The monoisotopic (exact) mass is 449 g/mol. The molecule has 33 heavy (non-hydrogen) atoms. The average Bonchev–Trinajstić information content (AvgIpc) is 3.50. The number of halogens is 2. The van der Waals surface area contributed by atoms with Crippen LogP contribution in [-0.2, 0) is 12.8 Å². The minimum atomic E-state index is -1.19. The van der Waals surface area contributed by atoms with Crippen LogP contribution in [0.25, 0.3) is 16.6 Å². The number of aromatic nitrogens is 4. The van der Waals surface area contributed by atoms with Crippen molar-refractivity contribution >= 4 is 10.9 Å². The minimum absolute atomic E-state index is 0.232. The molecule has 172 valence electrons. The zero-order valence-corrected chi connectivity index (χ0v) is 18.7. The fourth-order valence-electron chi connectivity index (χ4n) is 4.85. The number of alkyl halides is 1. The maximum atomic E-state index is 15.3. The average molecular weight is 450 g/mol. The predicted octanol–water partition coefficient (Wildman–Crippen LogP) is 5.26. The van der Waals surface area contributed by atoms with Crippen molar-refractivity contribution in [1.82, 2.24) is 24.6 Å². The number of H-pyrrole nitrogens is 1. The van der Waals surface area contributed by atoms with Gasteiger partial charge in [0.15, 0.2) is 0 Å². The summed E-state index contributed by atoms with van der Waals surface area (Å²) in [5, 5.41) is 8.99. The number of aryl methyl sites for hydroxylation is 2. The van der Waals surface area contributed by atoms with Gasteiger partial charge in [-0.05, 0) is 80.5 Å². The number of fused-ring (bicyclic) bond motifs is 1. The lowest BCUT2D eigenvalue weighted by Gasteiger charge is -2.36. The number of benzene rings is 2. The zero-order valence-electron chi connectivity index (χ0n) is 18.7. The molecular weight excluding hydrogens is 420 g/mol. The summed E-state index contributed by atoms with van der Waals surface area (Å²) in [6.45, 7) is 2.49. The van der Waals surface area contributed by atoms with Crippen LogP contribution < -0.4 is 0 Å². The Kier molecular flexibility index (Phi) is 6.22. The van der Waals surface area contributed by atoms with Gasteiger partial charge in [0, 0.05) is 35.9 Å².